The Bertz CT molecular complexity index is 428. The van der Waals surface area contributed by atoms with E-state index in [1.54, 1.807) is 12.1 Å². The third-order valence-electron chi connectivity index (χ3n) is 3.65. The lowest BCUT2D eigenvalue weighted by atomic mass is 10.1. The van der Waals surface area contributed by atoms with Crippen molar-refractivity contribution in [1.82, 2.24) is 5.32 Å². The van der Waals surface area contributed by atoms with Gasteiger partial charge in [-0.1, -0.05) is 29.3 Å². The van der Waals surface area contributed by atoms with Crippen LogP contribution in [0.2, 0.25) is 0 Å². The van der Waals surface area contributed by atoms with Crippen LogP contribution in [0.25, 0.3) is 0 Å². The molecule has 0 heterocycles. The number of benzene rings is 1. The third-order valence-corrected chi connectivity index (χ3v) is 4.15. The lowest BCUT2D eigenvalue weighted by Crippen LogP contribution is -2.30. The second-order valence-electron chi connectivity index (χ2n) is 5.03. The van der Waals surface area contributed by atoms with E-state index in [4.69, 9.17) is 0 Å². The summed E-state index contributed by atoms with van der Waals surface area (Å²) in [5.74, 6) is 0.892. The fourth-order valence-corrected chi connectivity index (χ4v) is 3.00. The second-order valence-corrected chi connectivity index (χ2v) is 5.94. The van der Waals surface area contributed by atoms with Gasteiger partial charge in [0.15, 0.2) is 0 Å². The summed E-state index contributed by atoms with van der Waals surface area (Å²) in [6.07, 6.45) is 3.62. The van der Waals surface area contributed by atoms with Gasteiger partial charge >= 0.3 is 6.61 Å². The van der Waals surface area contributed by atoms with Gasteiger partial charge in [0.25, 0.3) is 0 Å². The Kier molecular flexibility index (Phi) is 5.16. The molecule has 1 N–H and O–H groups in total. The summed E-state index contributed by atoms with van der Waals surface area (Å²) in [7, 11) is 0. The summed E-state index contributed by atoms with van der Waals surface area (Å²) in [5.41, 5.74) is 0.758. The smallest absolute Gasteiger partial charge is 0.387 e. The topological polar surface area (TPSA) is 21.3 Å². The van der Waals surface area contributed by atoms with E-state index >= 15 is 0 Å². The number of nitrogens with one attached hydrogen (secondary N) is 1. The molecule has 0 aliphatic heterocycles. The predicted molar refractivity (Wildman–Crippen MR) is 74.4 cm³/mol. The Morgan fingerprint density at radius 2 is 2.21 bits per heavy atom. The molecule has 0 aromatic heterocycles. The molecule has 1 aliphatic carbocycles. The minimum absolute atomic E-state index is 0.247. The summed E-state index contributed by atoms with van der Waals surface area (Å²) in [6, 6.07) is 5.58. The van der Waals surface area contributed by atoms with Gasteiger partial charge in [0, 0.05) is 22.6 Å². The van der Waals surface area contributed by atoms with Crippen molar-refractivity contribution in [3.63, 3.8) is 0 Å². The third kappa shape index (κ3) is 4.14. The van der Waals surface area contributed by atoms with Crippen LogP contribution < -0.4 is 10.1 Å². The van der Waals surface area contributed by atoms with E-state index in [0.717, 1.165) is 16.5 Å². The van der Waals surface area contributed by atoms with Crippen molar-refractivity contribution in [2.45, 2.75) is 45.4 Å². The standard InChI is InChI=1S/C14H18BrF2NO/c1-9-3-2-4-12(9)18-8-10-7-11(15)5-6-13(10)19-14(16)17/h5-7,9,12,14,18H,2-4,8H2,1H3. The number of halogens is 3. The molecule has 1 aromatic carbocycles. The molecule has 2 rings (SSSR count). The van der Waals surface area contributed by atoms with Crippen LogP contribution in [0.4, 0.5) is 8.78 Å². The fraction of sp³-hybridized carbons (Fsp3) is 0.571. The first-order chi connectivity index (χ1) is 9.06. The lowest BCUT2D eigenvalue weighted by molar-refractivity contribution is -0.0505. The first-order valence-corrected chi connectivity index (χ1v) is 7.32. The molecule has 0 radical (unpaired) electrons. The molecular weight excluding hydrogens is 316 g/mol. The summed E-state index contributed by atoms with van der Waals surface area (Å²) >= 11 is 3.36. The van der Waals surface area contributed by atoms with Gasteiger partial charge in [0.05, 0.1) is 0 Å². The Morgan fingerprint density at radius 3 is 2.84 bits per heavy atom. The van der Waals surface area contributed by atoms with Gasteiger partial charge in [-0.3, -0.25) is 0 Å². The molecule has 2 nitrogen and oxygen atoms in total. The Morgan fingerprint density at radius 1 is 1.42 bits per heavy atom. The molecule has 0 saturated heterocycles. The average Bonchev–Trinajstić information content (AvgIpc) is 2.75. The molecule has 2 atom stereocenters. The maximum atomic E-state index is 12.3. The van der Waals surface area contributed by atoms with Crippen LogP contribution in [-0.4, -0.2) is 12.7 Å². The van der Waals surface area contributed by atoms with Gasteiger partial charge in [-0.15, -0.1) is 0 Å². The van der Waals surface area contributed by atoms with Crippen LogP contribution in [0.5, 0.6) is 5.75 Å². The molecule has 0 amide bonds. The number of rotatable bonds is 5. The van der Waals surface area contributed by atoms with E-state index in [1.165, 1.54) is 12.8 Å². The van der Waals surface area contributed by atoms with Gasteiger partial charge in [0.1, 0.15) is 5.75 Å². The molecule has 1 aromatic rings. The van der Waals surface area contributed by atoms with Crippen LogP contribution in [0.15, 0.2) is 22.7 Å². The summed E-state index contributed by atoms with van der Waals surface area (Å²) < 4.78 is 30.1. The number of alkyl halides is 2. The van der Waals surface area contributed by atoms with Gasteiger partial charge in [0.2, 0.25) is 0 Å². The molecule has 0 bridgehead atoms. The maximum Gasteiger partial charge on any atom is 0.387 e. The van der Waals surface area contributed by atoms with Crippen LogP contribution in [-0.2, 0) is 6.54 Å². The maximum absolute atomic E-state index is 12.3. The molecule has 0 spiro atoms. The summed E-state index contributed by atoms with van der Waals surface area (Å²) in [5, 5.41) is 3.44. The number of hydrogen-bond acceptors (Lipinski definition) is 2. The van der Waals surface area contributed by atoms with Crippen LogP contribution in [0.3, 0.4) is 0 Å². The molecule has 1 fully saturated rings. The van der Waals surface area contributed by atoms with Crippen molar-refractivity contribution in [2.24, 2.45) is 5.92 Å². The van der Waals surface area contributed by atoms with Crippen molar-refractivity contribution in [2.75, 3.05) is 0 Å². The highest BCUT2D eigenvalue weighted by Gasteiger charge is 2.23. The molecule has 2 unspecified atom stereocenters. The van der Waals surface area contributed by atoms with Crippen molar-refractivity contribution in [1.29, 1.82) is 0 Å². The van der Waals surface area contributed by atoms with E-state index in [9.17, 15) is 8.78 Å². The summed E-state index contributed by atoms with van der Waals surface area (Å²) in [6.45, 7) is -0.0103. The molecule has 5 heteroatoms. The highest BCUT2D eigenvalue weighted by Crippen LogP contribution is 2.28. The Balaban J connectivity index is 2.03. The molecule has 19 heavy (non-hydrogen) atoms. The first-order valence-electron chi connectivity index (χ1n) is 6.53. The van der Waals surface area contributed by atoms with Crippen molar-refractivity contribution in [3.8, 4) is 5.75 Å². The zero-order valence-electron chi connectivity index (χ0n) is 10.8. The molecule has 1 saturated carbocycles. The quantitative estimate of drug-likeness (QED) is 0.865. The largest absolute Gasteiger partial charge is 0.434 e. The Labute approximate surface area is 120 Å². The van der Waals surface area contributed by atoms with Crippen LogP contribution in [0, 0.1) is 5.92 Å². The SMILES string of the molecule is CC1CCCC1NCc1cc(Br)ccc1OC(F)F. The number of hydrogen-bond donors (Lipinski definition) is 1. The van der Waals surface area contributed by atoms with Gasteiger partial charge in [-0.2, -0.15) is 8.78 Å². The lowest BCUT2D eigenvalue weighted by Gasteiger charge is -2.19. The van der Waals surface area contributed by atoms with Gasteiger partial charge in [-0.05, 0) is 37.0 Å². The zero-order chi connectivity index (χ0) is 13.8. The average molecular weight is 334 g/mol. The first kappa shape index (κ1) is 14.7. The van der Waals surface area contributed by atoms with Gasteiger partial charge in [-0.25, -0.2) is 0 Å². The van der Waals surface area contributed by atoms with E-state index in [-0.39, 0.29) is 5.75 Å². The minimum atomic E-state index is -2.79. The zero-order valence-corrected chi connectivity index (χ0v) is 12.4. The van der Waals surface area contributed by atoms with E-state index in [1.807, 2.05) is 6.07 Å². The van der Waals surface area contributed by atoms with Crippen molar-refractivity contribution in [3.05, 3.63) is 28.2 Å². The van der Waals surface area contributed by atoms with E-state index < -0.39 is 6.61 Å². The molecule has 1 aliphatic rings. The second kappa shape index (κ2) is 6.66. The minimum Gasteiger partial charge on any atom is -0.434 e. The van der Waals surface area contributed by atoms with Crippen LogP contribution >= 0.6 is 15.9 Å². The highest BCUT2D eigenvalue weighted by molar-refractivity contribution is 9.10. The van der Waals surface area contributed by atoms with Crippen molar-refractivity contribution >= 4 is 15.9 Å². The van der Waals surface area contributed by atoms with E-state index in [2.05, 4.69) is 32.9 Å². The van der Waals surface area contributed by atoms with E-state index in [0.29, 0.717) is 18.5 Å². The monoisotopic (exact) mass is 333 g/mol. The summed E-state index contributed by atoms with van der Waals surface area (Å²) in [4.78, 5) is 0. The fourth-order valence-electron chi connectivity index (χ4n) is 2.59. The van der Waals surface area contributed by atoms with Crippen LogP contribution in [0.1, 0.15) is 31.7 Å². The molecule has 106 valence electrons. The number of ether oxygens (including phenoxy) is 1. The van der Waals surface area contributed by atoms with Gasteiger partial charge < -0.3 is 10.1 Å². The normalized spacial score (nSPS) is 23.0. The van der Waals surface area contributed by atoms with Crippen molar-refractivity contribution < 1.29 is 13.5 Å². The highest BCUT2D eigenvalue weighted by atomic mass is 79.9. The predicted octanol–water partition coefficient (Wildman–Crippen LogP) is 4.33. The molecular formula is C14H18BrF2NO. The Hall–Kier alpha value is -0.680.